The van der Waals surface area contributed by atoms with Crippen LogP contribution in [-0.4, -0.2) is 45.9 Å². The van der Waals surface area contributed by atoms with E-state index in [0.29, 0.717) is 59.4 Å². The second-order valence-corrected chi connectivity index (χ2v) is 14.4. The zero-order chi connectivity index (χ0) is 27.9. The third-order valence-electron chi connectivity index (χ3n) is 11.8. The first-order chi connectivity index (χ1) is 18.6. The van der Waals surface area contributed by atoms with Crippen molar-refractivity contribution in [1.82, 2.24) is 4.98 Å². The van der Waals surface area contributed by atoms with Gasteiger partial charge in [-0.2, -0.15) is 0 Å². The SMILES string of the molecule is CCOC(=O)Cc1csc(NC(=O)CC[C@@H](C)[C@@H]2CC[C@@H]3[C@@H]4CC[C@H]5C[C@H](O)CC[C@]5(C)[C@@H]4C[C@H](O)[C@@]32C)n1. The van der Waals surface area contributed by atoms with Gasteiger partial charge in [0, 0.05) is 11.8 Å². The summed E-state index contributed by atoms with van der Waals surface area (Å²) in [6.45, 7) is 9.20. The van der Waals surface area contributed by atoms with E-state index in [1.54, 1.807) is 12.3 Å². The number of thiazole rings is 1. The van der Waals surface area contributed by atoms with Gasteiger partial charge in [-0.3, -0.25) is 9.59 Å². The molecule has 1 aromatic heterocycles. The maximum Gasteiger partial charge on any atom is 0.311 e. The lowest BCUT2D eigenvalue weighted by Gasteiger charge is -2.62. The van der Waals surface area contributed by atoms with Gasteiger partial charge in [-0.25, -0.2) is 4.98 Å². The first-order valence-electron chi connectivity index (χ1n) is 15.3. The monoisotopic (exact) mass is 560 g/mol. The summed E-state index contributed by atoms with van der Waals surface area (Å²) in [5.41, 5.74) is 0.771. The van der Waals surface area contributed by atoms with E-state index in [9.17, 15) is 19.8 Å². The first kappa shape index (κ1) is 29.0. The van der Waals surface area contributed by atoms with Crippen molar-refractivity contribution in [2.45, 2.75) is 111 Å². The molecule has 0 bridgehead atoms. The second kappa shape index (κ2) is 11.4. The number of amides is 1. The van der Waals surface area contributed by atoms with Crippen molar-refractivity contribution in [3.05, 3.63) is 11.1 Å². The maximum atomic E-state index is 12.8. The molecule has 0 spiro atoms. The number of ether oxygens (including phenoxy) is 1. The highest BCUT2D eigenvalue weighted by Gasteiger charge is 2.63. The van der Waals surface area contributed by atoms with E-state index in [4.69, 9.17) is 4.74 Å². The van der Waals surface area contributed by atoms with Crippen molar-refractivity contribution < 1.29 is 24.5 Å². The molecule has 0 saturated heterocycles. The van der Waals surface area contributed by atoms with Gasteiger partial charge in [0.05, 0.1) is 30.9 Å². The van der Waals surface area contributed by atoms with Gasteiger partial charge >= 0.3 is 5.97 Å². The molecule has 10 atom stereocenters. The zero-order valence-corrected chi connectivity index (χ0v) is 25.0. The fourth-order valence-electron chi connectivity index (χ4n) is 9.71. The molecule has 8 heteroatoms. The summed E-state index contributed by atoms with van der Waals surface area (Å²) in [4.78, 5) is 28.8. The van der Waals surface area contributed by atoms with E-state index >= 15 is 0 Å². The molecule has 5 rings (SSSR count). The summed E-state index contributed by atoms with van der Waals surface area (Å²) < 4.78 is 4.98. The number of nitrogens with zero attached hydrogens (tertiary/aromatic N) is 1. The summed E-state index contributed by atoms with van der Waals surface area (Å²) in [6.07, 6.45) is 9.48. The molecule has 0 aliphatic heterocycles. The number of hydrogen-bond donors (Lipinski definition) is 3. The average molecular weight is 561 g/mol. The molecule has 0 aromatic carbocycles. The molecular weight excluding hydrogens is 512 g/mol. The number of aliphatic hydroxyl groups excluding tert-OH is 2. The Hall–Kier alpha value is -1.51. The zero-order valence-electron chi connectivity index (χ0n) is 24.2. The number of nitrogens with one attached hydrogen (secondary N) is 1. The van der Waals surface area contributed by atoms with Crippen molar-refractivity contribution in [3.63, 3.8) is 0 Å². The Morgan fingerprint density at radius 1 is 1.15 bits per heavy atom. The van der Waals surface area contributed by atoms with Gasteiger partial charge in [0.1, 0.15) is 0 Å². The fourth-order valence-corrected chi connectivity index (χ4v) is 10.4. The van der Waals surface area contributed by atoms with Gasteiger partial charge in [0.15, 0.2) is 5.13 Å². The number of fused-ring (bicyclic) bond motifs is 5. The quantitative estimate of drug-likeness (QED) is 0.358. The van der Waals surface area contributed by atoms with Crippen molar-refractivity contribution in [1.29, 1.82) is 0 Å². The molecular formula is C31H48N2O5S. The van der Waals surface area contributed by atoms with Crippen LogP contribution in [0.3, 0.4) is 0 Å². The van der Waals surface area contributed by atoms with Gasteiger partial charge in [-0.1, -0.05) is 20.8 Å². The molecule has 39 heavy (non-hydrogen) atoms. The van der Waals surface area contributed by atoms with Crippen LogP contribution in [0.25, 0.3) is 0 Å². The fraction of sp³-hybridized carbons (Fsp3) is 0.839. The van der Waals surface area contributed by atoms with Crippen LogP contribution in [0, 0.1) is 46.3 Å². The summed E-state index contributed by atoms with van der Waals surface area (Å²) in [5, 5.41) is 27.3. The predicted molar refractivity (Wildman–Crippen MR) is 152 cm³/mol. The number of anilines is 1. The largest absolute Gasteiger partial charge is 0.466 e. The normalized spacial score (nSPS) is 40.2. The van der Waals surface area contributed by atoms with E-state index < -0.39 is 0 Å². The summed E-state index contributed by atoms with van der Waals surface area (Å²) in [6, 6.07) is 0. The van der Waals surface area contributed by atoms with Crippen LogP contribution in [0.1, 0.15) is 97.6 Å². The van der Waals surface area contributed by atoms with Crippen LogP contribution in [0.4, 0.5) is 5.13 Å². The highest BCUT2D eigenvalue weighted by Crippen LogP contribution is 2.68. The van der Waals surface area contributed by atoms with Crippen LogP contribution in [0.15, 0.2) is 5.38 Å². The third-order valence-corrected chi connectivity index (χ3v) is 12.6. The van der Waals surface area contributed by atoms with Crippen molar-refractivity contribution in [3.8, 4) is 0 Å². The van der Waals surface area contributed by atoms with Crippen LogP contribution >= 0.6 is 11.3 Å². The summed E-state index contributed by atoms with van der Waals surface area (Å²) >= 11 is 1.33. The number of carbonyl (C=O) groups excluding carboxylic acids is 2. The number of esters is 1. The van der Waals surface area contributed by atoms with Crippen LogP contribution < -0.4 is 5.32 Å². The van der Waals surface area contributed by atoms with Crippen molar-refractivity contribution in [2.75, 3.05) is 11.9 Å². The molecule has 4 fully saturated rings. The Morgan fingerprint density at radius 2 is 1.95 bits per heavy atom. The van der Waals surface area contributed by atoms with E-state index in [1.807, 2.05) is 0 Å². The molecule has 1 amide bonds. The second-order valence-electron chi connectivity index (χ2n) is 13.6. The van der Waals surface area contributed by atoms with Gasteiger partial charge in [0.25, 0.3) is 0 Å². The third kappa shape index (κ3) is 5.42. The predicted octanol–water partition coefficient (Wildman–Crippen LogP) is 5.59. The molecule has 3 N–H and O–H groups in total. The topological polar surface area (TPSA) is 109 Å². The standard InChI is InChI=1S/C31H48N2O5S/c1-5-38-28(37)15-20-17-39-29(32-20)33-27(36)11-6-18(2)23-9-10-24-22-8-7-19-14-21(34)12-13-30(19,3)25(22)16-26(35)31(23,24)4/h17-19,21-26,34-35H,5-16H2,1-4H3,(H,32,33,36)/t18-,19+,21-,22+,23+,24-,25-,26+,30+,31-/m1/s1. The van der Waals surface area contributed by atoms with Crippen molar-refractivity contribution in [2.24, 2.45) is 46.3 Å². The van der Waals surface area contributed by atoms with Gasteiger partial charge in [-0.05, 0) is 111 Å². The van der Waals surface area contributed by atoms with Gasteiger partial charge < -0.3 is 20.3 Å². The molecule has 4 saturated carbocycles. The lowest BCUT2D eigenvalue weighted by molar-refractivity contribution is -0.174. The number of hydrogen-bond acceptors (Lipinski definition) is 7. The first-order valence-corrected chi connectivity index (χ1v) is 16.2. The minimum absolute atomic E-state index is 0.0476. The Kier molecular flexibility index (Phi) is 8.48. The van der Waals surface area contributed by atoms with Crippen LogP contribution in [0.2, 0.25) is 0 Å². The minimum atomic E-state index is -0.311. The highest BCUT2D eigenvalue weighted by molar-refractivity contribution is 7.13. The van der Waals surface area contributed by atoms with E-state index in [-0.39, 0.29) is 41.3 Å². The highest BCUT2D eigenvalue weighted by atomic mass is 32.1. The molecule has 4 aliphatic carbocycles. The molecule has 4 aliphatic rings. The number of carbonyl (C=O) groups is 2. The number of rotatable bonds is 8. The molecule has 1 heterocycles. The summed E-state index contributed by atoms with van der Waals surface area (Å²) in [5.74, 6) is 2.78. The van der Waals surface area contributed by atoms with Crippen molar-refractivity contribution >= 4 is 28.3 Å². The molecule has 7 nitrogen and oxygen atoms in total. The Labute approximate surface area is 237 Å². The average Bonchev–Trinajstić information content (AvgIpc) is 3.48. The molecule has 0 unspecified atom stereocenters. The molecule has 1 aromatic rings. The van der Waals surface area contributed by atoms with E-state index in [0.717, 1.165) is 38.5 Å². The van der Waals surface area contributed by atoms with Crippen LogP contribution in [0.5, 0.6) is 0 Å². The lowest BCUT2D eigenvalue weighted by Crippen LogP contribution is -2.58. The minimum Gasteiger partial charge on any atom is -0.466 e. The maximum absolute atomic E-state index is 12.8. The Balaban J connectivity index is 1.18. The lowest BCUT2D eigenvalue weighted by atomic mass is 9.43. The number of aliphatic hydroxyl groups is 2. The van der Waals surface area contributed by atoms with Crippen LogP contribution in [-0.2, 0) is 20.7 Å². The molecule has 218 valence electrons. The Bertz CT molecular complexity index is 1050. The van der Waals surface area contributed by atoms with Gasteiger partial charge in [0.2, 0.25) is 5.91 Å². The number of aromatic nitrogens is 1. The molecule has 0 radical (unpaired) electrons. The van der Waals surface area contributed by atoms with Gasteiger partial charge in [-0.15, -0.1) is 11.3 Å². The Morgan fingerprint density at radius 3 is 2.72 bits per heavy atom. The smallest absolute Gasteiger partial charge is 0.311 e. The van der Waals surface area contributed by atoms with E-state index in [1.165, 1.54) is 30.6 Å². The summed E-state index contributed by atoms with van der Waals surface area (Å²) in [7, 11) is 0. The van der Waals surface area contributed by atoms with E-state index in [2.05, 4.69) is 31.1 Å².